The summed E-state index contributed by atoms with van der Waals surface area (Å²) in [6.45, 7) is 5.20. The van der Waals surface area contributed by atoms with Crippen LogP contribution in [0.4, 0.5) is 0 Å². The summed E-state index contributed by atoms with van der Waals surface area (Å²) in [5.41, 5.74) is 7.90. The van der Waals surface area contributed by atoms with E-state index in [2.05, 4.69) is 18.6 Å². The summed E-state index contributed by atoms with van der Waals surface area (Å²) in [6.07, 6.45) is 0. The molecule has 2 atom stereocenters. The number of hydrogen-bond acceptors (Lipinski definition) is 3. The molecule has 17 heavy (non-hydrogen) atoms. The number of hydrogen-bond donors (Lipinski definition) is 1. The van der Waals surface area contributed by atoms with Gasteiger partial charge in [-0.05, 0) is 41.5 Å². The van der Waals surface area contributed by atoms with Gasteiger partial charge in [-0.25, -0.2) is 4.79 Å². The molecule has 0 bridgehead atoms. The van der Waals surface area contributed by atoms with Gasteiger partial charge in [-0.3, -0.25) is 0 Å². The van der Waals surface area contributed by atoms with Crippen LogP contribution in [0.25, 0.3) is 0 Å². The first-order chi connectivity index (χ1) is 8.02. The Morgan fingerprint density at radius 2 is 1.94 bits per heavy atom. The zero-order valence-electron chi connectivity index (χ0n) is 10.6. The highest BCUT2D eigenvalue weighted by Crippen LogP contribution is 2.63. The Hall–Kier alpha value is -1.35. The van der Waals surface area contributed by atoms with Gasteiger partial charge in [0.25, 0.3) is 0 Å². The smallest absolute Gasteiger partial charge is 0.337 e. The molecule has 2 unspecified atom stereocenters. The fourth-order valence-electron chi connectivity index (χ4n) is 2.79. The Bertz CT molecular complexity index is 422. The van der Waals surface area contributed by atoms with Crippen molar-refractivity contribution < 1.29 is 9.53 Å². The summed E-state index contributed by atoms with van der Waals surface area (Å²) in [6, 6.07) is 7.66. The predicted octanol–water partition coefficient (Wildman–Crippen LogP) is 2.17. The van der Waals surface area contributed by atoms with Gasteiger partial charge in [-0.2, -0.15) is 0 Å². The molecule has 0 amide bonds. The number of nitrogens with two attached hydrogens (primary N) is 1. The van der Waals surface area contributed by atoms with Crippen molar-refractivity contribution in [1.29, 1.82) is 0 Å². The highest BCUT2D eigenvalue weighted by Gasteiger charge is 2.57. The van der Waals surface area contributed by atoms with Gasteiger partial charge >= 0.3 is 5.97 Å². The van der Waals surface area contributed by atoms with Gasteiger partial charge in [0, 0.05) is 0 Å². The number of rotatable bonds is 3. The molecule has 1 aromatic carbocycles. The van der Waals surface area contributed by atoms with E-state index in [-0.39, 0.29) is 11.4 Å². The first kappa shape index (κ1) is 12.1. The van der Waals surface area contributed by atoms with Gasteiger partial charge in [-0.1, -0.05) is 26.0 Å². The lowest BCUT2D eigenvalue weighted by Gasteiger charge is -2.04. The number of esters is 1. The predicted molar refractivity (Wildman–Crippen MR) is 66.8 cm³/mol. The Labute approximate surface area is 102 Å². The Morgan fingerprint density at radius 3 is 2.35 bits per heavy atom. The van der Waals surface area contributed by atoms with E-state index in [0.29, 0.717) is 17.4 Å². The Morgan fingerprint density at radius 1 is 1.35 bits per heavy atom. The molecular formula is C14H19NO2. The molecule has 1 fully saturated rings. The summed E-state index contributed by atoms with van der Waals surface area (Å²) in [5.74, 6) is 0.771. The normalized spacial score (nSPS) is 25.4. The lowest BCUT2D eigenvalue weighted by Crippen LogP contribution is -2.05. The van der Waals surface area contributed by atoms with Gasteiger partial charge in [0.2, 0.25) is 0 Å². The summed E-state index contributed by atoms with van der Waals surface area (Å²) in [4.78, 5) is 11.3. The van der Waals surface area contributed by atoms with Crippen molar-refractivity contribution >= 4 is 5.97 Å². The van der Waals surface area contributed by atoms with E-state index in [1.165, 1.54) is 12.7 Å². The molecule has 3 heteroatoms. The van der Waals surface area contributed by atoms with Crippen LogP contribution in [0.3, 0.4) is 0 Å². The molecule has 92 valence electrons. The molecule has 1 saturated carbocycles. The van der Waals surface area contributed by atoms with Crippen LogP contribution < -0.4 is 5.73 Å². The quantitative estimate of drug-likeness (QED) is 0.814. The minimum absolute atomic E-state index is 0.279. The molecule has 1 aliphatic carbocycles. The zero-order valence-corrected chi connectivity index (χ0v) is 10.6. The summed E-state index contributed by atoms with van der Waals surface area (Å²) < 4.78 is 4.68. The van der Waals surface area contributed by atoms with E-state index in [4.69, 9.17) is 5.73 Å². The van der Waals surface area contributed by atoms with Crippen LogP contribution in [-0.2, 0) is 4.74 Å². The summed E-state index contributed by atoms with van der Waals surface area (Å²) >= 11 is 0. The highest BCUT2D eigenvalue weighted by atomic mass is 16.5. The van der Waals surface area contributed by atoms with Crippen molar-refractivity contribution in [3.05, 3.63) is 35.4 Å². The Kier molecular flexibility index (Phi) is 2.96. The van der Waals surface area contributed by atoms with Gasteiger partial charge < -0.3 is 10.5 Å². The maximum Gasteiger partial charge on any atom is 0.337 e. The van der Waals surface area contributed by atoms with Crippen LogP contribution in [0.5, 0.6) is 0 Å². The van der Waals surface area contributed by atoms with Crippen LogP contribution in [0.2, 0.25) is 0 Å². The maximum absolute atomic E-state index is 11.3. The summed E-state index contributed by atoms with van der Waals surface area (Å²) in [5, 5.41) is 0. The second-order valence-electron chi connectivity index (χ2n) is 5.25. The molecule has 0 spiro atoms. The standard InChI is InChI=1S/C14H19NO2/c1-14(2)11(8-15)12(14)9-4-6-10(7-5-9)13(16)17-3/h4-7,11-12H,8,15H2,1-3H3. The third-order valence-electron chi connectivity index (χ3n) is 4.00. The third-order valence-corrected chi connectivity index (χ3v) is 4.00. The van der Waals surface area contributed by atoms with E-state index in [0.717, 1.165) is 6.54 Å². The van der Waals surface area contributed by atoms with E-state index in [1.807, 2.05) is 24.3 Å². The van der Waals surface area contributed by atoms with Crippen molar-refractivity contribution in [3.63, 3.8) is 0 Å². The molecule has 2 N–H and O–H groups in total. The number of carbonyl (C=O) groups excluding carboxylic acids is 1. The van der Waals surface area contributed by atoms with Crippen LogP contribution in [-0.4, -0.2) is 19.6 Å². The number of benzene rings is 1. The molecule has 0 aromatic heterocycles. The van der Waals surface area contributed by atoms with Crippen LogP contribution in [0.1, 0.15) is 35.7 Å². The number of methoxy groups -OCH3 is 1. The summed E-state index contributed by atoms with van der Waals surface area (Å²) in [7, 11) is 1.39. The van der Waals surface area contributed by atoms with Gasteiger partial charge in [0.15, 0.2) is 0 Å². The fourth-order valence-corrected chi connectivity index (χ4v) is 2.79. The third kappa shape index (κ3) is 1.95. The van der Waals surface area contributed by atoms with Crippen LogP contribution in [0.15, 0.2) is 24.3 Å². The average Bonchev–Trinajstić information content (AvgIpc) is 2.90. The van der Waals surface area contributed by atoms with E-state index < -0.39 is 0 Å². The Balaban J connectivity index is 2.18. The molecule has 0 aliphatic heterocycles. The van der Waals surface area contributed by atoms with E-state index >= 15 is 0 Å². The second kappa shape index (κ2) is 4.15. The average molecular weight is 233 g/mol. The van der Waals surface area contributed by atoms with Crippen LogP contribution >= 0.6 is 0 Å². The fraction of sp³-hybridized carbons (Fsp3) is 0.500. The molecule has 1 aliphatic rings. The number of carbonyl (C=O) groups is 1. The molecule has 2 rings (SSSR count). The topological polar surface area (TPSA) is 52.3 Å². The molecule has 1 aromatic rings. The van der Waals surface area contributed by atoms with Crippen LogP contribution in [0, 0.1) is 11.3 Å². The van der Waals surface area contributed by atoms with Crippen molar-refractivity contribution in [3.8, 4) is 0 Å². The largest absolute Gasteiger partial charge is 0.465 e. The minimum Gasteiger partial charge on any atom is -0.465 e. The van der Waals surface area contributed by atoms with Crippen molar-refractivity contribution in [2.75, 3.05) is 13.7 Å². The zero-order chi connectivity index (χ0) is 12.6. The molecule has 3 nitrogen and oxygen atoms in total. The van der Waals surface area contributed by atoms with E-state index in [9.17, 15) is 4.79 Å². The minimum atomic E-state index is -0.290. The van der Waals surface area contributed by atoms with Crippen molar-refractivity contribution in [1.82, 2.24) is 0 Å². The van der Waals surface area contributed by atoms with Crippen molar-refractivity contribution in [2.45, 2.75) is 19.8 Å². The molecule has 0 saturated heterocycles. The lowest BCUT2D eigenvalue weighted by molar-refractivity contribution is 0.0600. The first-order valence-electron chi connectivity index (χ1n) is 5.90. The van der Waals surface area contributed by atoms with Gasteiger partial charge in [0.1, 0.15) is 0 Å². The maximum atomic E-state index is 11.3. The number of ether oxygens (including phenoxy) is 1. The lowest BCUT2D eigenvalue weighted by atomic mass is 10.0. The SMILES string of the molecule is COC(=O)c1ccc(C2C(CN)C2(C)C)cc1. The van der Waals surface area contributed by atoms with E-state index in [1.54, 1.807) is 0 Å². The molecule has 0 heterocycles. The van der Waals surface area contributed by atoms with Crippen molar-refractivity contribution in [2.24, 2.45) is 17.1 Å². The second-order valence-corrected chi connectivity index (χ2v) is 5.25. The molecular weight excluding hydrogens is 214 g/mol. The van der Waals surface area contributed by atoms with Gasteiger partial charge in [0.05, 0.1) is 12.7 Å². The molecule has 0 radical (unpaired) electrons. The van der Waals surface area contributed by atoms with Gasteiger partial charge in [-0.15, -0.1) is 0 Å². The first-order valence-corrected chi connectivity index (χ1v) is 5.90. The monoisotopic (exact) mass is 233 g/mol. The highest BCUT2D eigenvalue weighted by molar-refractivity contribution is 5.89.